The van der Waals surface area contributed by atoms with E-state index in [4.69, 9.17) is 5.73 Å². The van der Waals surface area contributed by atoms with E-state index >= 15 is 0 Å². The van der Waals surface area contributed by atoms with Gasteiger partial charge in [0.1, 0.15) is 0 Å². The predicted molar refractivity (Wildman–Crippen MR) is 35.9 cm³/mol. The minimum absolute atomic E-state index is 0. The van der Waals surface area contributed by atoms with Crippen LogP contribution in [0, 0.1) is 0 Å². The predicted octanol–water partition coefficient (Wildman–Crippen LogP) is -0.418. The number of nitrogens with two attached hydrogens (primary N) is 1. The van der Waals surface area contributed by atoms with Gasteiger partial charge >= 0.3 is 0 Å². The number of hydrogen-bond donors (Lipinski definition) is 2. The Morgan fingerprint density at radius 2 is 2.29 bits per heavy atom. The smallest absolute Gasteiger partial charge is 0.167 e. The van der Waals surface area contributed by atoms with Crippen LogP contribution in [0.25, 0.3) is 0 Å². The normalized spacial score (nSPS) is 5.71. The van der Waals surface area contributed by atoms with Gasteiger partial charge in [-0.1, -0.05) is 6.58 Å². The summed E-state index contributed by atoms with van der Waals surface area (Å²) in [4.78, 5) is 0. The van der Waals surface area contributed by atoms with E-state index in [-0.39, 0.29) is 22.2 Å². The van der Waals surface area contributed by atoms with Gasteiger partial charge in [0.05, 0.1) is 0 Å². The average Bonchev–Trinajstić information content (AvgIpc) is 1.35. The van der Waals surface area contributed by atoms with Crippen LogP contribution in [0.3, 0.4) is 0 Å². The molecule has 0 heterocycles. The molecule has 3 N–H and O–H groups in total. The van der Waals surface area contributed by atoms with Gasteiger partial charge in [0.15, 0.2) is 5.11 Å². The maximum Gasteiger partial charge on any atom is 0.167 e. The van der Waals surface area contributed by atoms with Crippen LogP contribution in [0.15, 0.2) is 12.8 Å². The standard InChI is InChI=1S/C3H6N2S.Se/c1-2-5-3(4)6;/h2H,1H2,(H3,4,5,6);. The summed E-state index contributed by atoms with van der Waals surface area (Å²) in [5, 5.41) is 2.74. The zero-order valence-electron chi connectivity index (χ0n) is 3.68. The van der Waals surface area contributed by atoms with Crippen LogP contribution in [0.1, 0.15) is 0 Å². The summed E-state index contributed by atoms with van der Waals surface area (Å²) < 4.78 is 0. The molecule has 2 nitrogen and oxygen atoms in total. The van der Waals surface area contributed by atoms with Crippen molar-refractivity contribution in [2.45, 2.75) is 0 Å². The third-order valence-corrected chi connectivity index (χ3v) is 0.362. The van der Waals surface area contributed by atoms with E-state index in [1.807, 2.05) is 0 Å². The summed E-state index contributed by atoms with van der Waals surface area (Å²) >= 11 is 4.39. The third-order valence-electron chi connectivity index (χ3n) is 0.244. The molecule has 0 aliphatic carbocycles. The van der Waals surface area contributed by atoms with Crippen molar-refractivity contribution in [3.8, 4) is 0 Å². The largest absolute Gasteiger partial charge is 0.376 e. The Kier molecular flexibility index (Phi) is 8.53. The van der Waals surface area contributed by atoms with Crippen LogP contribution in [-0.4, -0.2) is 22.2 Å². The molecule has 0 aromatic carbocycles. The van der Waals surface area contributed by atoms with E-state index in [0.29, 0.717) is 0 Å². The SMILES string of the molecule is C=CNC(N)=S.[Se]. The van der Waals surface area contributed by atoms with Gasteiger partial charge in [-0.3, -0.25) is 0 Å². The zero-order chi connectivity index (χ0) is 4.99. The van der Waals surface area contributed by atoms with Crippen molar-refractivity contribution < 1.29 is 0 Å². The second kappa shape index (κ2) is 5.95. The van der Waals surface area contributed by atoms with Crippen LogP contribution in [-0.2, 0) is 0 Å². The molecule has 0 saturated carbocycles. The molecule has 2 radical (unpaired) electrons. The van der Waals surface area contributed by atoms with E-state index in [2.05, 4.69) is 24.1 Å². The first-order valence-corrected chi connectivity index (χ1v) is 1.85. The summed E-state index contributed by atoms with van der Waals surface area (Å²) in [6.07, 6.45) is 1.43. The van der Waals surface area contributed by atoms with Crippen LogP contribution < -0.4 is 11.1 Å². The van der Waals surface area contributed by atoms with E-state index < -0.39 is 0 Å². The average molecular weight is 181 g/mol. The first kappa shape index (κ1) is 10.0. The van der Waals surface area contributed by atoms with Crippen molar-refractivity contribution in [2.75, 3.05) is 0 Å². The summed E-state index contributed by atoms with van der Waals surface area (Å²) in [5.41, 5.74) is 4.95. The van der Waals surface area contributed by atoms with Gasteiger partial charge in [-0.15, -0.1) is 0 Å². The molecule has 0 rings (SSSR count). The van der Waals surface area contributed by atoms with Crippen LogP contribution in [0.4, 0.5) is 0 Å². The molecular weight excluding hydrogens is 175 g/mol. The quantitative estimate of drug-likeness (QED) is 0.426. The molecule has 0 fully saturated rings. The zero-order valence-corrected chi connectivity index (χ0v) is 6.21. The maximum atomic E-state index is 4.95. The van der Waals surface area contributed by atoms with Gasteiger partial charge in [-0.25, -0.2) is 0 Å². The molecule has 7 heavy (non-hydrogen) atoms. The summed E-state index contributed by atoms with van der Waals surface area (Å²) in [7, 11) is 0. The molecule has 0 spiro atoms. The summed E-state index contributed by atoms with van der Waals surface area (Å²) in [6.45, 7) is 3.32. The van der Waals surface area contributed by atoms with Crippen molar-refractivity contribution in [3.63, 3.8) is 0 Å². The second-order valence-electron chi connectivity index (χ2n) is 0.713. The molecular formula is C3H6N2SSe. The molecule has 0 bridgehead atoms. The van der Waals surface area contributed by atoms with Crippen molar-refractivity contribution >= 4 is 34.4 Å². The second-order valence-corrected chi connectivity index (χ2v) is 1.15. The fourth-order valence-corrected chi connectivity index (χ4v) is 0.184. The Morgan fingerprint density at radius 1 is 1.86 bits per heavy atom. The molecule has 0 unspecified atom stereocenters. The Labute approximate surface area is 58.6 Å². The monoisotopic (exact) mass is 182 g/mol. The number of hydrogen-bond acceptors (Lipinski definition) is 1. The topological polar surface area (TPSA) is 38.0 Å². The molecule has 0 amide bonds. The van der Waals surface area contributed by atoms with Crippen molar-refractivity contribution in [3.05, 3.63) is 12.8 Å². The van der Waals surface area contributed by atoms with Crippen LogP contribution in [0.5, 0.6) is 0 Å². The Bertz CT molecular complexity index is 73.3. The Balaban J connectivity index is 0. The van der Waals surface area contributed by atoms with Gasteiger partial charge in [0, 0.05) is 17.1 Å². The molecule has 0 saturated heterocycles. The third kappa shape index (κ3) is 10.7. The van der Waals surface area contributed by atoms with Gasteiger partial charge < -0.3 is 11.1 Å². The van der Waals surface area contributed by atoms with Gasteiger partial charge in [-0.05, 0) is 18.4 Å². The van der Waals surface area contributed by atoms with Gasteiger partial charge in [0.2, 0.25) is 0 Å². The fraction of sp³-hybridized carbons (Fsp3) is 0. The van der Waals surface area contributed by atoms with Crippen molar-refractivity contribution in [1.29, 1.82) is 0 Å². The van der Waals surface area contributed by atoms with Crippen LogP contribution in [0.2, 0.25) is 0 Å². The minimum Gasteiger partial charge on any atom is -0.376 e. The minimum atomic E-state index is 0. The van der Waals surface area contributed by atoms with E-state index in [1.54, 1.807) is 0 Å². The fourth-order valence-electron chi connectivity index (χ4n) is 0.101. The molecule has 0 atom stereocenters. The van der Waals surface area contributed by atoms with Gasteiger partial charge in [-0.2, -0.15) is 0 Å². The van der Waals surface area contributed by atoms with E-state index in [0.717, 1.165) is 0 Å². The molecule has 4 heteroatoms. The first-order valence-electron chi connectivity index (χ1n) is 1.44. The number of nitrogens with one attached hydrogen (secondary N) is 1. The molecule has 0 aromatic rings. The van der Waals surface area contributed by atoms with Crippen molar-refractivity contribution in [2.24, 2.45) is 5.73 Å². The molecule has 0 aliphatic heterocycles. The van der Waals surface area contributed by atoms with Gasteiger partial charge in [0.25, 0.3) is 0 Å². The van der Waals surface area contributed by atoms with Crippen molar-refractivity contribution in [1.82, 2.24) is 5.32 Å². The van der Waals surface area contributed by atoms with E-state index in [9.17, 15) is 0 Å². The summed E-state index contributed by atoms with van der Waals surface area (Å²) in [6, 6.07) is 0. The van der Waals surface area contributed by atoms with E-state index in [1.165, 1.54) is 6.20 Å². The number of thiocarbonyl (C=S) groups is 1. The Morgan fingerprint density at radius 3 is 2.29 bits per heavy atom. The Hall–Kier alpha value is -0.0505. The first-order chi connectivity index (χ1) is 2.77. The molecule has 40 valence electrons. The molecule has 0 aromatic heterocycles. The summed E-state index contributed by atoms with van der Waals surface area (Å²) in [5.74, 6) is 0. The number of rotatable bonds is 1. The molecule has 0 aliphatic rings. The van der Waals surface area contributed by atoms with Crippen LogP contribution >= 0.6 is 12.2 Å². The maximum absolute atomic E-state index is 4.95.